The molecule has 18 heavy (non-hydrogen) atoms. The van der Waals surface area contributed by atoms with Gasteiger partial charge in [0.25, 0.3) is 0 Å². The summed E-state index contributed by atoms with van der Waals surface area (Å²) >= 11 is 0. The molecular formula is C15H18N2O. The second-order valence-corrected chi connectivity index (χ2v) is 5.15. The van der Waals surface area contributed by atoms with E-state index in [1.54, 1.807) is 4.68 Å². The van der Waals surface area contributed by atoms with E-state index in [-0.39, 0.29) is 0 Å². The van der Waals surface area contributed by atoms with Gasteiger partial charge in [-0.3, -0.25) is 4.68 Å². The van der Waals surface area contributed by atoms with Gasteiger partial charge in [0, 0.05) is 19.7 Å². The summed E-state index contributed by atoms with van der Waals surface area (Å²) in [6.45, 7) is 0. The fourth-order valence-corrected chi connectivity index (χ4v) is 2.32. The summed E-state index contributed by atoms with van der Waals surface area (Å²) < 4.78 is 1.77. The lowest BCUT2D eigenvalue weighted by Crippen LogP contribution is -2.03. The van der Waals surface area contributed by atoms with Crippen molar-refractivity contribution in [1.29, 1.82) is 0 Å². The fourth-order valence-electron chi connectivity index (χ4n) is 2.32. The van der Waals surface area contributed by atoms with E-state index in [1.807, 2.05) is 31.4 Å². The molecule has 3 nitrogen and oxygen atoms in total. The zero-order valence-electron chi connectivity index (χ0n) is 10.6. The molecule has 0 bridgehead atoms. The zero-order valence-corrected chi connectivity index (χ0v) is 10.6. The number of benzene rings is 1. The van der Waals surface area contributed by atoms with Crippen LogP contribution in [0.2, 0.25) is 0 Å². The molecule has 94 valence electrons. The van der Waals surface area contributed by atoms with Crippen molar-refractivity contribution in [3.63, 3.8) is 0 Å². The van der Waals surface area contributed by atoms with Crippen molar-refractivity contribution in [2.45, 2.75) is 31.3 Å². The minimum Gasteiger partial charge on any atom is -0.388 e. The Hall–Kier alpha value is -1.61. The Morgan fingerprint density at radius 1 is 1.39 bits per heavy atom. The predicted octanol–water partition coefficient (Wildman–Crippen LogP) is 2.57. The average Bonchev–Trinajstić information content (AvgIpc) is 3.14. The van der Waals surface area contributed by atoms with E-state index in [0.29, 0.717) is 6.42 Å². The Morgan fingerprint density at radius 2 is 2.22 bits per heavy atom. The maximum Gasteiger partial charge on any atom is 0.0846 e. The van der Waals surface area contributed by atoms with Crippen LogP contribution in [0.4, 0.5) is 0 Å². The molecule has 0 spiro atoms. The van der Waals surface area contributed by atoms with Gasteiger partial charge in [-0.05, 0) is 36.0 Å². The van der Waals surface area contributed by atoms with E-state index in [1.165, 1.54) is 18.4 Å². The van der Waals surface area contributed by atoms with E-state index in [9.17, 15) is 5.11 Å². The van der Waals surface area contributed by atoms with Crippen molar-refractivity contribution < 1.29 is 5.11 Å². The minimum absolute atomic E-state index is 0.460. The Morgan fingerprint density at radius 3 is 2.89 bits per heavy atom. The maximum atomic E-state index is 10.3. The highest BCUT2D eigenvalue weighted by atomic mass is 16.3. The molecule has 1 aromatic heterocycles. The summed E-state index contributed by atoms with van der Waals surface area (Å²) in [4.78, 5) is 0. The monoisotopic (exact) mass is 242 g/mol. The predicted molar refractivity (Wildman–Crippen MR) is 70.3 cm³/mol. The van der Waals surface area contributed by atoms with Gasteiger partial charge in [0.2, 0.25) is 0 Å². The van der Waals surface area contributed by atoms with E-state index in [4.69, 9.17) is 0 Å². The first-order chi connectivity index (χ1) is 8.72. The fraction of sp³-hybridized carbons (Fsp3) is 0.400. The minimum atomic E-state index is -0.460. The third-order valence-corrected chi connectivity index (χ3v) is 3.52. The Balaban J connectivity index is 1.74. The van der Waals surface area contributed by atoms with Crippen LogP contribution in [0.25, 0.3) is 0 Å². The molecule has 2 aromatic rings. The molecule has 1 aliphatic carbocycles. The van der Waals surface area contributed by atoms with Crippen molar-refractivity contribution in [2.24, 2.45) is 7.05 Å². The Labute approximate surface area is 107 Å². The molecule has 0 aliphatic heterocycles. The molecule has 1 unspecified atom stereocenters. The molecule has 3 heteroatoms. The van der Waals surface area contributed by atoms with Crippen LogP contribution in [0.15, 0.2) is 36.5 Å². The second kappa shape index (κ2) is 4.58. The summed E-state index contributed by atoms with van der Waals surface area (Å²) in [7, 11) is 1.89. The van der Waals surface area contributed by atoms with Crippen LogP contribution in [0, 0.1) is 0 Å². The van der Waals surface area contributed by atoms with Gasteiger partial charge in [0.1, 0.15) is 0 Å². The highest BCUT2D eigenvalue weighted by molar-refractivity contribution is 5.30. The molecule has 0 saturated heterocycles. The molecule has 1 aliphatic rings. The van der Waals surface area contributed by atoms with Crippen LogP contribution < -0.4 is 0 Å². The van der Waals surface area contributed by atoms with E-state index in [0.717, 1.165) is 17.2 Å². The first kappa shape index (κ1) is 11.5. The highest BCUT2D eigenvalue weighted by Crippen LogP contribution is 2.40. The summed E-state index contributed by atoms with van der Waals surface area (Å²) in [5.74, 6) is 0.729. The van der Waals surface area contributed by atoms with Crippen molar-refractivity contribution in [2.75, 3.05) is 0 Å². The Bertz CT molecular complexity index is 543. The average molecular weight is 242 g/mol. The largest absolute Gasteiger partial charge is 0.388 e. The van der Waals surface area contributed by atoms with Gasteiger partial charge in [0.05, 0.1) is 11.8 Å². The first-order valence-electron chi connectivity index (χ1n) is 6.49. The highest BCUT2D eigenvalue weighted by Gasteiger charge is 2.24. The smallest absolute Gasteiger partial charge is 0.0846 e. The van der Waals surface area contributed by atoms with Crippen LogP contribution in [0.1, 0.15) is 41.7 Å². The number of aryl methyl sites for hydroxylation is 1. The number of rotatable bonds is 4. The number of aliphatic hydroxyl groups is 1. The van der Waals surface area contributed by atoms with Gasteiger partial charge in [-0.15, -0.1) is 0 Å². The van der Waals surface area contributed by atoms with Crippen LogP contribution in [0.3, 0.4) is 0 Å². The molecule has 1 heterocycles. The number of hydrogen-bond donors (Lipinski definition) is 1. The molecule has 0 radical (unpaired) electrons. The molecule has 1 aromatic carbocycles. The third-order valence-electron chi connectivity index (χ3n) is 3.52. The quantitative estimate of drug-likeness (QED) is 0.894. The number of nitrogens with zero attached hydrogens (tertiary/aromatic N) is 2. The van der Waals surface area contributed by atoms with E-state index in [2.05, 4.69) is 17.2 Å². The van der Waals surface area contributed by atoms with Gasteiger partial charge in [-0.1, -0.05) is 24.3 Å². The Kier molecular flexibility index (Phi) is 2.92. The first-order valence-corrected chi connectivity index (χ1v) is 6.49. The summed E-state index contributed by atoms with van der Waals surface area (Å²) in [6, 6.07) is 10.3. The van der Waals surface area contributed by atoms with Crippen molar-refractivity contribution in [3.8, 4) is 0 Å². The summed E-state index contributed by atoms with van der Waals surface area (Å²) in [5.41, 5.74) is 3.31. The lowest BCUT2D eigenvalue weighted by Gasteiger charge is -2.11. The molecule has 1 atom stereocenters. The van der Waals surface area contributed by atoms with Crippen molar-refractivity contribution >= 4 is 0 Å². The van der Waals surface area contributed by atoms with Crippen LogP contribution in [-0.2, 0) is 13.5 Å². The molecule has 1 fully saturated rings. The summed E-state index contributed by atoms with van der Waals surface area (Å²) in [6.07, 6.45) is 4.61. The maximum absolute atomic E-state index is 10.3. The van der Waals surface area contributed by atoms with Crippen molar-refractivity contribution in [1.82, 2.24) is 9.78 Å². The van der Waals surface area contributed by atoms with Gasteiger partial charge >= 0.3 is 0 Å². The second-order valence-electron chi connectivity index (χ2n) is 5.15. The number of aliphatic hydroxyl groups excluding tert-OH is 1. The molecule has 3 rings (SSSR count). The topological polar surface area (TPSA) is 38.0 Å². The van der Waals surface area contributed by atoms with Crippen molar-refractivity contribution in [3.05, 3.63) is 53.3 Å². The van der Waals surface area contributed by atoms with Crippen LogP contribution >= 0.6 is 0 Å². The number of hydrogen-bond acceptors (Lipinski definition) is 2. The molecule has 0 amide bonds. The molecule has 1 saturated carbocycles. The lowest BCUT2D eigenvalue weighted by atomic mass is 10.0. The van der Waals surface area contributed by atoms with E-state index < -0.39 is 6.10 Å². The molecular weight excluding hydrogens is 224 g/mol. The van der Waals surface area contributed by atoms with Crippen LogP contribution in [-0.4, -0.2) is 14.9 Å². The van der Waals surface area contributed by atoms with Gasteiger partial charge in [0.15, 0.2) is 0 Å². The number of aromatic nitrogens is 2. The normalized spacial score (nSPS) is 16.8. The van der Waals surface area contributed by atoms with Crippen LogP contribution in [0.5, 0.6) is 0 Å². The summed E-state index contributed by atoms with van der Waals surface area (Å²) in [5, 5.41) is 14.6. The third kappa shape index (κ3) is 2.46. The lowest BCUT2D eigenvalue weighted by molar-refractivity contribution is 0.177. The van der Waals surface area contributed by atoms with Gasteiger partial charge in [-0.2, -0.15) is 5.10 Å². The van der Waals surface area contributed by atoms with E-state index >= 15 is 0 Å². The standard InChI is InChI=1S/C15H18N2O/c1-17-8-7-14(16-17)10-15(18)13-4-2-3-12(9-13)11-5-6-11/h2-4,7-9,11,15,18H,5-6,10H2,1H3. The molecule has 1 N–H and O–H groups in total. The van der Waals surface area contributed by atoms with Gasteiger partial charge in [-0.25, -0.2) is 0 Å². The zero-order chi connectivity index (χ0) is 12.5. The SMILES string of the molecule is Cn1ccc(CC(O)c2cccc(C3CC3)c2)n1. The van der Waals surface area contributed by atoms with Gasteiger partial charge < -0.3 is 5.11 Å².